The molecule has 6 heteroatoms. The third-order valence-corrected chi connectivity index (χ3v) is 12.8. The summed E-state index contributed by atoms with van der Waals surface area (Å²) in [4.78, 5) is 0. The summed E-state index contributed by atoms with van der Waals surface area (Å²) in [6.07, 6.45) is 12.6. The number of fused-ring (bicyclic) bond motifs is 12. The summed E-state index contributed by atoms with van der Waals surface area (Å²) in [6, 6.07) is 44.0. The van der Waals surface area contributed by atoms with Crippen molar-refractivity contribution < 1.29 is 9.47 Å². The van der Waals surface area contributed by atoms with Crippen LogP contribution in [-0.4, -0.2) is 32.5 Å². The number of hydrogen-bond donors (Lipinski definition) is 0. The standard InChI is InChI=1S/C54H42N4O2/c1-7-27-57-47-25-21-35(59-5)31-41(47)51-50(34-20-24-46-40(30-34)38-16-12-14-18-44(38)56(46)10-4)54-52(42-32-36(60-6)22-26-48(42)58(54)28-8-2)49(53(51)57)33-19-23-45-39(29-33)37-15-11-13-17-43(37)55(45)9-3/h1-2,11-26,29-32H,9-10,27-28H2,3-6H3. The topological polar surface area (TPSA) is 38.2 Å². The molecule has 11 rings (SSSR count). The Morgan fingerprint density at radius 1 is 0.433 bits per heavy atom. The second kappa shape index (κ2) is 13.5. The lowest BCUT2D eigenvalue weighted by Gasteiger charge is -2.18. The minimum atomic E-state index is 0.372. The molecule has 290 valence electrons. The Morgan fingerprint density at radius 3 is 1.22 bits per heavy atom. The van der Waals surface area contributed by atoms with Crippen LogP contribution in [0.1, 0.15) is 13.8 Å². The van der Waals surface area contributed by atoms with Gasteiger partial charge in [0.15, 0.2) is 0 Å². The van der Waals surface area contributed by atoms with Gasteiger partial charge < -0.3 is 27.7 Å². The summed E-state index contributed by atoms with van der Waals surface area (Å²) in [6.45, 7) is 6.90. The number of aryl methyl sites for hydroxylation is 2. The first-order valence-electron chi connectivity index (χ1n) is 20.6. The average molecular weight is 779 g/mol. The fourth-order valence-electron chi connectivity index (χ4n) is 10.4. The summed E-state index contributed by atoms with van der Waals surface area (Å²) in [5.41, 5.74) is 13.5. The van der Waals surface area contributed by atoms with Crippen molar-refractivity contribution in [3.05, 3.63) is 121 Å². The zero-order valence-electron chi connectivity index (χ0n) is 34.1. The Kier molecular flexibility index (Phi) is 8.02. The van der Waals surface area contributed by atoms with Crippen molar-refractivity contribution in [2.75, 3.05) is 14.2 Å². The van der Waals surface area contributed by atoms with Crippen LogP contribution in [0.4, 0.5) is 0 Å². The molecule has 0 bridgehead atoms. The molecule has 7 aromatic carbocycles. The molecule has 11 aromatic rings. The van der Waals surface area contributed by atoms with E-state index < -0.39 is 0 Å². The molecule has 4 heterocycles. The monoisotopic (exact) mass is 778 g/mol. The van der Waals surface area contributed by atoms with Gasteiger partial charge in [-0.15, -0.1) is 12.8 Å². The van der Waals surface area contributed by atoms with Crippen LogP contribution < -0.4 is 9.47 Å². The zero-order chi connectivity index (χ0) is 40.8. The van der Waals surface area contributed by atoms with E-state index in [1.165, 1.54) is 43.6 Å². The first-order chi connectivity index (χ1) is 29.5. The van der Waals surface area contributed by atoms with Gasteiger partial charge in [-0.3, -0.25) is 0 Å². The van der Waals surface area contributed by atoms with Crippen LogP contribution in [0.2, 0.25) is 0 Å². The van der Waals surface area contributed by atoms with Gasteiger partial charge in [-0.05, 0) is 97.8 Å². The molecule has 0 aliphatic carbocycles. The van der Waals surface area contributed by atoms with Crippen molar-refractivity contribution in [3.8, 4) is 58.4 Å². The minimum absolute atomic E-state index is 0.372. The smallest absolute Gasteiger partial charge is 0.119 e. The number of hydrogen-bond acceptors (Lipinski definition) is 2. The van der Waals surface area contributed by atoms with Crippen molar-refractivity contribution in [2.24, 2.45) is 0 Å². The van der Waals surface area contributed by atoms with E-state index >= 15 is 0 Å². The minimum Gasteiger partial charge on any atom is -0.497 e. The first kappa shape index (κ1) is 35.6. The summed E-state index contributed by atoms with van der Waals surface area (Å²) >= 11 is 0. The van der Waals surface area contributed by atoms with Crippen molar-refractivity contribution in [1.82, 2.24) is 18.3 Å². The van der Waals surface area contributed by atoms with Crippen LogP contribution in [0.25, 0.3) is 109 Å². The van der Waals surface area contributed by atoms with Crippen LogP contribution in [0.5, 0.6) is 11.5 Å². The highest BCUT2D eigenvalue weighted by Gasteiger charge is 2.29. The van der Waals surface area contributed by atoms with Gasteiger partial charge in [0.25, 0.3) is 0 Å². The Morgan fingerprint density at radius 2 is 0.817 bits per heavy atom. The van der Waals surface area contributed by atoms with Gasteiger partial charge >= 0.3 is 0 Å². The average Bonchev–Trinajstić information content (AvgIpc) is 4.00. The van der Waals surface area contributed by atoms with Crippen molar-refractivity contribution >= 4 is 87.2 Å². The molecule has 0 aliphatic heterocycles. The first-order valence-corrected chi connectivity index (χ1v) is 20.6. The summed E-state index contributed by atoms with van der Waals surface area (Å²) in [5, 5.41) is 9.20. The number of ether oxygens (including phenoxy) is 2. The molecule has 0 radical (unpaired) electrons. The molecule has 0 aliphatic rings. The highest BCUT2D eigenvalue weighted by Crippen LogP contribution is 2.52. The molecular weight excluding hydrogens is 737 g/mol. The lowest BCUT2D eigenvalue weighted by molar-refractivity contribution is 0.415. The molecular formula is C54H42N4O2. The predicted octanol–water partition coefficient (Wildman–Crippen LogP) is 12.8. The maximum Gasteiger partial charge on any atom is 0.119 e. The number of rotatable bonds is 8. The van der Waals surface area contributed by atoms with Gasteiger partial charge in [0.2, 0.25) is 0 Å². The fourth-order valence-corrected chi connectivity index (χ4v) is 10.4. The van der Waals surface area contributed by atoms with Gasteiger partial charge in [0, 0.05) is 89.4 Å². The van der Waals surface area contributed by atoms with Crippen LogP contribution in [-0.2, 0) is 26.2 Å². The van der Waals surface area contributed by atoms with E-state index in [0.717, 1.165) is 90.5 Å². The van der Waals surface area contributed by atoms with E-state index in [-0.39, 0.29) is 0 Å². The quantitative estimate of drug-likeness (QED) is 0.144. The molecule has 4 aromatic heterocycles. The summed E-state index contributed by atoms with van der Waals surface area (Å²) < 4.78 is 21.4. The van der Waals surface area contributed by atoms with Crippen molar-refractivity contribution in [2.45, 2.75) is 40.0 Å². The molecule has 0 unspecified atom stereocenters. The molecule has 0 saturated heterocycles. The number of aromatic nitrogens is 4. The van der Waals surface area contributed by atoms with Crippen LogP contribution >= 0.6 is 0 Å². The van der Waals surface area contributed by atoms with Crippen molar-refractivity contribution in [1.29, 1.82) is 0 Å². The molecule has 0 amide bonds. The molecule has 0 N–H and O–H groups in total. The highest BCUT2D eigenvalue weighted by molar-refractivity contribution is 6.33. The number of benzene rings is 7. The van der Waals surface area contributed by atoms with E-state index in [0.29, 0.717) is 13.1 Å². The molecule has 0 saturated carbocycles. The van der Waals surface area contributed by atoms with E-state index in [9.17, 15) is 0 Å². The molecule has 60 heavy (non-hydrogen) atoms. The maximum atomic E-state index is 6.32. The largest absolute Gasteiger partial charge is 0.497 e. The molecule has 0 fully saturated rings. The third-order valence-electron chi connectivity index (χ3n) is 12.8. The molecule has 0 spiro atoms. The molecule has 0 atom stereocenters. The Balaban J connectivity index is 1.42. The zero-order valence-corrected chi connectivity index (χ0v) is 34.1. The van der Waals surface area contributed by atoms with Gasteiger partial charge in [-0.2, -0.15) is 0 Å². The van der Waals surface area contributed by atoms with E-state index in [2.05, 4.69) is 153 Å². The van der Waals surface area contributed by atoms with E-state index in [1.807, 2.05) is 12.1 Å². The van der Waals surface area contributed by atoms with Gasteiger partial charge in [-0.1, -0.05) is 60.4 Å². The normalized spacial score (nSPS) is 11.9. The van der Waals surface area contributed by atoms with Gasteiger partial charge in [0.1, 0.15) is 11.5 Å². The van der Waals surface area contributed by atoms with Crippen LogP contribution in [0.3, 0.4) is 0 Å². The summed E-state index contributed by atoms with van der Waals surface area (Å²) in [7, 11) is 3.45. The van der Waals surface area contributed by atoms with E-state index in [1.54, 1.807) is 14.2 Å². The number of nitrogens with zero attached hydrogens (tertiary/aromatic N) is 4. The second-order valence-electron chi connectivity index (χ2n) is 15.5. The third kappa shape index (κ3) is 4.79. The number of terminal acetylenes is 2. The van der Waals surface area contributed by atoms with Gasteiger partial charge in [0.05, 0.1) is 49.4 Å². The SMILES string of the molecule is C#CCn1c2ccc(OC)cc2c2c(-c3ccc4c(c3)c3ccccc3n4CC)c3c(c(-c4ccc5c(c4)c4ccccc4n5CC)c21)c1cc(OC)ccc1n3CC#C. The lowest BCUT2D eigenvalue weighted by atomic mass is 9.89. The van der Waals surface area contributed by atoms with Crippen LogP contribution in [0, 0.1) is 24.7 Å². The second-order valence-corrected chi connectivity index (χ2v) is 15.5. The van der Waals surface area contributed by atoms with Crippen LogP contribution in [0.15, 0.2) is 121 Å². The van der Waals surface area contributed by atoms with Gasteiger partial charge in [-0.25, -0.2) is 0 Å². The Bertz CT molecular complexity index is 3440. The molecule has 6 nitrogen and oxygen atoms in total. The number of methoxy groups -OCH3 is 2. The highest BCUT2D eigenvalue weighted by atomic mass is 16.5. The Labute approximate surface area is 347 Å². The van der Waals surface area contributed by atoms with E-state index in [4.69, 9.17) is 22.3 Å². The maximum absolute atomic E-state index is 6.32. The van der Waals surface area contributed by atoms with Crippen molar-refractivity contribution in [3.63, 3.8) is 0 Å². The Hall–Kier alpha value is -7.54. The number of para-hydroxylation sites is 2. The summed E-state index contributed by atoms with van der Waals surface area (Å²) in [5.74, 6) is 7.64. The predicted molar refractivity (Wildman–Crippen MR) is 251 cm³/mol. The lowest BCUT2D eigenvalue weighted by Crippen LogP contribution is -2.00. The fraction of sp³-hybridized carbons (Fsp3) is 0.148.